The second-order valence-corrected chi connectivity index (χ2v) is 4.65. The highest BCUT2D eigenvalue weighted by molar-refractivity contribution is 6.01. The highest BCUT2D eigenvalue weighted by atomic mass is 16.5. The first-order valence-corrected chi connectivity index (χ1v) is 6.70. The molecule has 0 amide bonds. The van der Waals surface area contributed by atoms with Gasteiger partial charge in [-0.05, 0) is 29.8 Å². The van der Waals surface area contributed by atoms with E-state index in [2.05, 4.69) is 0 Å². The fraction of sp³-hybridized carbons (Fsp3) is 0.235. The van der Waals surface area contributed by atoms with E-state index in [1.54, 1.807) is 25.3 Å². The molecule has 2 aromatic rings. The van der Waals surface area contributed by atoms with E-state index in [9.17, 15) is 9.90 Å². The molecule has 0 saturated carbocycles. The Balaban J connectivity index is 2.25. The second kappa shape index (κ2) is 6.85. The Kier molecular flexibility index (Phi) is 4.88. The van der Waals surface area contributed by atoms with Gasteiger partial charge in [0.25, 0.3) is 0 Å². The number of Topliss-reactive ketones (excluding diaryl/α,β-unsaturated/α-hetero) is 1. The molecule has 0 aromatic heterocycles. The number of ketones is 1. The van der Waals surface area contributed by atoms with Gasteiger partial charge in [0.1, 0.15) is 5.75 Å². The molecule has 5 heteroatoms. The summed E-state index contributed by atoms with van der Waals surface area (Å²) in [5.74, 6) is 0.846. The van der Waals surface area contributed by atoms with Crippen LogP contribution in [0.25, 0.3) is 0 Å². The molecule has 0 radical (unpaired) electrons. The van der Waals surface area contributed by atoms with Crippen molar-refractivity contribution in [1.29, 1.82) is 0 Å². The summed E-state index contributed by atoms with van der Waals surface area (Å²) >= 11 is 0. The summed E-state index contributed by atoms with van der Waals surface area (Å²) in [6, 6.07) is 10.3. The maximum Gasteiger partial charge on any atom is 0.203 e. The van der Waals surface area contributed by atoms with Gasteiger partial charge in [-0.2, -0.15) is 0 Å². The third-order valence-electron chi connectivity index (χ3n) is 3.34. The molecular weight excluding hydrogens is 284 g/mol. The van der Waals surface area contributed by atoms with Gasteiger partial charge >= 0.3 is 0 Å². The normalized spacial score (nSPS) is 10.1. The number of phenols is 1. The first-order valence-electron chi connectivity index (χ1n) is 6.70. The summed E-state index contributed by atoms with van der Waals surface area (Å²) in [5.41, 5.74) is 1.04. The zero-order valence-corrected chi connectivity index (χ0v) is 12.8. The Bertz CT molecular complexity index is 661. The van der Waals surface area contributed by atoms with E-state index in [0.717, 1.165) is 11.3 Å². The number of phenolic OH excluding ortho intramolecular Hbond substituents is 1. The van der Waals surface area contributed by atoms with Crippen LogP contribution in [-0.4, -0.2) is 32.2 Å². The molecule has 2 rings (SSSR count). The van der Waals surface area contributed by atoms with Crippen LogP contribution in [0.1, 0.15) is 15.9 Å². The largest absolute Gasteiger partial charge is 0.504 e. The van der Waals surface area contributed by atoms with Crippen molar-refractivity contribution in [1.82, 2.24) is 0 Å². The van der Waals surface area contributed by atoms with Crippen LogP contribution in [0.2, 0.25) is 0 Å². The number of rotatable bonds is 6. The molecule has 0 aliphatic carbocycles. The molecule has 5 nitrogen and oxygen atoms in total. The fourth-order valence-electron chi connectivity index (χ4n) is 2.16. The molecular formula is C17H18O5. The van der Waals surface area contributed by atoms with Crippen molar-refractivity contribution < 1.29 is 24.1 Å². The topological polar surface area (TPSA) is 65.0 Å². The zero-order valence-electron chi connectivity index (χ0n) is 12.8. The smallest absolute Gasteiger partial charge is 0.203 e. The quantitative estimate of drug-likeness (QED) is 0.831. The monoisotopic (exact) mass is 302 g/mol. The van der Waals surface area contributed by atoms with Gasteiger partial charge in [0, 0.05) is 6.42 Å². The summed E-state index contributed by atoms with van der Waals surface area (Å²) in [7, 11) is 4.47. The van der Waals surface area contributed by atoms with E-state index >= 15 is 0 Å². The van der Waals surface area contributed by atoms with Gasteiger partial charge in [0.15, 0.2) is 17.3 Å². The highest BCUT2D eigenvalue weighted by Crippen LogP contribution is 2.39. The molecule has 0 bridgehead atoms. The Morgan fingerprint density at radius 2 is 1.64 bits per heavy atom. The minimum absolute atomic E-state index is 0.156. The van der Waals surface area contributed by atoms with Crippen LogP contribution >= 0.6 is 0 Å². The van der Waals surface area contributed by atoms with Crippen LogP contribution in [0.4, 0.5) is 0 Å². The molecule has 0 spiro atoms. The second-order valence-electron chi connectivity index (χ2n) is 4.65. The maximum absolute atomic E-state index is 12.4. The fourth-order valence-corrected chi connectivity index (χ4v) is 2.16. The standard InChI is InChI=1S/C17H18O5/c1-20-12-6-4-11(5-7-12)10-14(18)13-8-9-15(21-2)17(22-3)16(13)19/h4-9,19H,10H2,1-3H3. The zero-order chi connectivity index (χ0) is 16.1. The molecule has 0 atom stereocenters. The summed E-state index contributed by atoms with van der Waals surface area (Å²) in [4.78, 5) is 12.4. The number of methoxy groups -OCH3 is 3. The number of ether oxygens (including phenoxy) is 3. The molecule has 0 unspecified atom stereocenters. The molecule has 0 heterocycles. The van der Waals surface area contributed by atoms with E-state index in [1.165, 1.54) is 20.3 Å². The van der Waals surface area contributed by atoms with E-state index in [4.69, 9.17) is 14.2 Å². The lowest BCUT2D eigenvalue weighted by molar-refractivity contribution is 0.0989. The Hall–Kier alpha value is -2.69. The first kappa shape index (κ1) is 15.7. The number of benzene rings is 2. The van der Waals surface area contributed by atoms with Gasteiger partial charge in [-0.15, -0.1) is 0 Å². The Morgan fingerprint density at radius 3 is 2.18 bits per heavy atom. The Morgan fingerprint density at radius 1 is 0.955 bits per heavy atom. The molecule has 0 aliphatic heterocycles. The van der Waals surface area contributed by atoms with Crippen LogP contribution in [0.3, 0.4) is 0 Å². The van der Waals surface area contributed by atoms with Crippen molar-refractivity contribution in [3.05, 3.63) is 47.5 Å². The average Bonchev–Trinajstić information content (AvgIpc) is 2.54. The van der Waals surface area contributed by atoms with Crippen molar-refractivity contribution in [3.8, 4) is 23.0 Å². The number of aromatic hydroxyl groups is 1. The molecule has 2 aromatic carbocycles. The predicted molar refractivity (Wildman–Crippen MR) is 82.2 cm³/mol. The average molecular weight is 302 g/mol. The third kappa shape index (κ3) is 3.14. The van der Waals surface area contributed by atoms with E-state index in [-0.39, 0.29) is 29.3 Å². The van der Waals surface area contributed by atoms with Crippen LogP contribution in [0.15, 0.2) is 36.4 Å². The number of hydrogen-bond donors (Lipinski definition) is 1. The number of hydrogen-bond acceptors (Lipinski definition) is 5. The number of carbonyl (C=O) groups excluding carboxylic acids is 1. The van der Waals surface area contributed by atoms with E-state index in [0.29, 0.717) is 5.75 Å². The first-order chi connectivity index (χ1) is 10.6. The van der Waals surface area contributed by atoms with Gasteiger partial charge in [0.05, 0.1) is 26.9 Å². The Labute approximate surface area is 129 Å². The molecule has 0 fully saturated rings. The van der Waals surface area contributed by atoms with Gasteiger partial charge < -0.3 is 19.3 Å². The molecule has 22 heavy (non-hydrogen) atoms. The van der Waals surface area contributed by atoms with Crippen LogP contribution in [0, 0.1) is 0 Å². The van der Waals surface area contributed by atoms with Crippen LogP contribution in [0.5, 0.6) is 23.0 Å². The van der Waals surface area contributed by atoms with Crippen LogP contribution < -0.4 is 14.2 Å². The minimum Gasteiger partial charge on any atom is -0.504 e. The molecule has 116 valence electrons. The highest BCUT2D eigenvalue weighted by Gasteiger charge is 2.19. The summed E-state index contributed by atoms with van der Waals surface area (Å²) in [5, 5.41) is 10.2. The van der Waals surface area contributed by atoms with Crippen molar-refractivity contribution >= 4 is 5.78 Å². The van der Waals surface area contributed by atoms with Gasteiger partial charge in [-0.3, -0.25) is 4.79 Å². The summed E-state index contributed by atoms with van der Waals surface area (Å²) in [6.07, 6.45) is 0.174. The lowest BCUT2D eigenvalue weighted by Gasteiger charge is -2.12. The maximum atomic E-state index is 12.4. The van der Waals surface area contributed by atoms with Crippen molar-refractivity contribution in [3.63, 3.8) is 0 Å². The predicted octanol–water partition coefficient (Wildman–Crippen LogP) is 2.84. The lowest BCUT2D eigenvalue weighted by atomic mass is 10.0. The number of carbonyl (C=O) groups is 1. The van der Waals surface area contributed by atoms with Crippen molar-refractivity contribution in [2.45, 2.75) is 6.42 Å². The van der Waals surface area contributed by atoms with Gasteiger partial charge in [-0.1, -0.05) is 12.1 Å². The van der Waals surface area contributed by atoms with Gasteiger partial charge in [0.2, 0.25) is 5.75 Å². The third-order valence-corrected chi connectivity index (χ3v) is 3.34. The van der Waals surface area contributed by atoms with E-state index in [1.807, 2.05) is 12.1 Å². The summed E-state index contributed by atoms with van der Waals surface area (Å²) < 4.78 is 15.3. The van der Waals surface area contributed by atoms with Gasteiger partial charge in [-0.25, -0.2) is 0 Å². The van der Waals surface area contributed by atoms with E-state index < -0.39 is 0 Å². The molecule has 1 N–H and O–H groups in total. The SMILES string of the molecule is COc1ccc(CC(=O)c2ccc(OC)c(OC)c2O)cc1. The van der Waals surface area contributed by atoms with Crippen LogP contribution in [-0.2, 0) is 6.42 Å². The molecule has 0 aliphatic rings. The van der Waals surface area contributed by atoms with Crippen molar-refractivity contribution in [2.75, 3.05) is 21.3 Å². The van der Waals surface area contributed by atoms with Crippen molar-refractivity contribution in [2.24, 2.45) is 0 Å². The minimum atomic E-state index is -0.208. The summed E-state index contributed by atoms with van der Waals surface area (Å²) in [6.45, 7) is 0. The molecule has 0 saturated heterocycles. The lowest BCUT2D eigenvalue weighted by Crippen LogP contribution is -2.05.